The highest BCUT2D eigenvalue weighted by atomic mass is 16.2. The van der Waals surface area contributed by atoms with E-state index in [2.05, 4.69) is 26.4 Å². The predicted molar refractivity (Wildman–Crippen MR) is 73.4 cm³/mol. The SMILES string of the molecule is C/C(=N\NC(=O)CC1C(=O)NNC1C)c1cccnc1. The Balaban J connectivity index is 1.90. The van der Waals surface area contributed by atoms with Gasteiger partial charge in [-0.3, -0.25) is 20.0 Å². The largest absolute Gasteiger partial charge is 0.291 e. The summed E-state index contributed by atoms with van der Waals surface area (Å²) in [6, 6.07) is 3.58. The average molecular weight is 275 g/mol. The van der Waals surface area contributed by atoms with Crippen LogP contribution < -0.4 is 16.3 Å². The zero-order valence-electron chi connectivity index (χ0n) is 11.4. The van der Waals surface area contributed by atoms with Gasteiger partial charge in [-0.05, 0) is 19.9 Å². The van der Waals surface area contributed by atoms with Crippen molar-refractivity contribution in [3.8, 4) is 0 Å². The molecule has 0 spiro atoms. The van der Waals surface area contributed by atoms with Crippen molar-refractivity contribution in [2.24, 2.45) is 11.0 Å². The van der Waals surface area contributed by atoms with Crippen molar-refractivity contribution in [3.63, 3.8) is 0 Å². The summed E-state index contributed by atoms with van der Waals surface area (Å²) in [5.41, 5.74) is 9.25. The van der Waals surface area contributed by atoms with Crippen molar-refractivity contribution in [1.82, 2.24) is 21.3 Å². The van der Waals surface area contributed by atoms with Crippen molar-refractivity contribution in [2.45, 2.75) is 26.3 Å². The number of hydrogen-bond acceptors (Lipinski definition) is 5. The highest BCUT2D eigenvalue weighted by molar-refractivity contribution is 5.99. The fraction of sp³-hybridized carbons (Fsp3) is 0.385. The number of amides is 2. The molecule has 1 saturated heterocycles. The van der Waals surface area contributed by atoms with Crippen molar-refractivity contribution >= 4 is 17.5 Å². The molecule has 20 heavy (non-hydrogen) atoms. The lowest BCUT2D eigenvalue weighted by atomic mass is 9.99. The van der Waals surface area contributed by atoms with E-state index in [1.54, 1.807) is 25.4 Å². The number of carbonyl (C=O) groups excluding carboxylic acids is 2. The van der Waals surface area contributed by atoms with E-state index in [0.29, 0.717) is 5.71 Å². The summed E-state index contributed by atoms with van der Waals surface area (Å²) in [7, 11) is 0. The first-order chi connectivity index (χ1) is 9.58. The molecule has 0 aliphatic carbocycles. The average Bonchev–Trinajstić information content (AvgIpc) is 2.77. The standard InChI is InChI=1S/C13H17N5O2/c1-8(10-4-3-5-14-7-10)15-17-12(19)6-11-9(2)16-18-13(11)20/h3-5,7,9,11,16H,6H2,1-2H3,(H,17,19)(H,18,20)/b15-8+. The fourth-order valence-corrected chi connectivity index (χ4v) is 1.91. The van der Waals surface area contributed by atoms with E-state index in [4.69, 9.17) is 0 Å². The van der Waals surface area contributed by atoms with Crippen molar-refractivity contribution in [2.75, 3.05) is 0 Å². The summed E-state index contributed by atoms with van der Waals surface area (Å²) in [4.78, 5) is 27.2. The third kappa shape index (κ3) is 3.39. The maximum atomic E-state index is 11.8. The van der Waals surface area contributed by atoms with Gasteiger partial charge < -0.3 is 0 Å². The first kappa shape index (κ1) is 14.1. The second-order valence-electron chi connectivity index (χ2n) is 4.71. The number of nitrogens with zero attached hydrogens (tertiary/aromatic N) is 2. The Labute approximate surface area is 116 Å². The van der Waals surface area contributed by atoms with Crippen LogP contribution in [0.1, 0.15) is 25.8 Å². The van der Waals surface area contributed by atoms with Gasteiger partial charge in [0.25, 0.3) is 0 Å². The number of pyridine rings is 1. The molecule has 0 radical (unpaired) electrons. The fourth-order valence-electron chi connectivity index (χ4n) is 1.91. The molecule has 2 unspecified atom stereocenters. The van der Waals surface area contributed by atoms with Crippen LogP contribution in [0, 0.1) is 5.92 Å². The number of hydrazine groups is 1. The molecule has 0 aromatic carbocycles. The first-order valence-electron chi connectivity index (χ1n) is 6.37. The van der Waals surface area contributed by atoms with Gasteiger partial charge in [0, 0.05) is 30.4 Å². The second kappa shape index (κ2) is 6.25. The number of hydrogen-bond donors (Lipinski definition) is 3. The summed E-state index contributed by atoms with van der Waals surface area (Å²) < 4.78 is 0. The summed E-state index contributed by atoms with van der Waals surface area (Å²) >= 11 is 0. The van der Waals surface area contributed by atoms with Gasteiger partial charge in [-0.15, -0.1) is 0 Å². The van der Waals surface area contributed by atoms with Gasteiger partial charge in [-0.25, -0.2) is 10.9 Å². The van der Waals surface area contributed by atoms with Gasteiger partial charge in [-0.2, -0.15) is 5.10 Å². The van der Waals surface area contributed by atoms with Crippen LogP contribution in [0.15, 0.2) is 29.6 Å². The second-order valence-corrected chi connectivity index (χ2v) is 4.71. The highest BCUT2D eigenvalue weighted by Gasteiger charge is 2.32. The smallest absolute Gasteiger partial charge is 0.240 e. The number of rotatable bonds is 4. The van der Waals surface area contributed by atoms with E-state index < -0.39 is 0 Å². The van der Waals surface area contributed by atoms with Crippen LogP contribution in [0.3, 0.4) is 0 Å². The molecule has 2 heterocycles. The van der Waals surface area contributed by atoms with Crippen LogP contribution in [0.5, 0.6) is 0 Å². The van der Waals surface area contributed by atoms with Gasteiger partial charge in [0.2, 0.25) is 11.8 Å². The molecule has 0 bridgehead atoms. The number of hydrazone groups is 1. The molecule has 0 saturated carbocycles. The lowest BCUT2D eigenvalue weighted by Gasteiger charge is -2.10. The van der Waals surface area contributed by atoms with E-state index in [1.807, 2.05) is 13.0 Å². The van der Waals surface area contributed by atoms with Crippen LogP contribution in [0.2, 0.25) is 0 Å². The molecule has 2 atom stereocenters. The predicted octanol–water partition coefficient (Wildman–Crippen LogP) is -0.0490. The summed E-state index contributed by atoms with van der Waals surface area (Å²) in [5.74, 6) is -0.826. The Morgan fingerprint density at radius 3 is 2.95 bits per heavy atom. The van der Waals surface area contributed by atoms with Gasteiger partial charge in [0.1, 0.15) is 0 Å². The maximum Gasteiger partial charge on any atom is 0.240 e. The minimum atomic E-state index is -0.371. The highest BCUT2D eigenvalue weighted by Crippen LogP contribution is 2.13. The van der Waals surface area contributed by atoms with Crippen LogP contribution >= 0.6 is 0 Å². The van der Waals surface area contributed by atoms with Crippen molar-refractivity contribution in [1.29, 1.82) is 0 Å². The summed E-state index contributed by atoms with van der Waals surface area (Å²) in [6.07, 6.45) is 3.44. The zero-order chi connectivity index (χ0) is 14.5. The van der Waals surface area contributed by atoms with Crippen LogP contribution in [-0.4, -0.2) is 28.6 Å². The number of nitrogens with one attached hydrogen (secondary N) is 3. The number of carbonyl (C=O) groups is 2. The molecular weight excluding hydrogens is 258 g/mol. The zero-order valence-corrected chi connectivity index (χ0v) is 11.4. The molecule has 1 aromatic heterocycles. The van der Waals surface area contributed by atoms with E-state index in [9.17, 15) is 9.59 Å². The van der Waals surface area contributed by atoms with Gasteiger partial charge in [-0.1, -0.05) is 6.07 Å². The van der Waals surface area contributed by atoms with Crippen LogP contribution in [0.25, 0.3) is 0 Å². The molecule has 7 heteroatoms. The van der Waals surface area contributed by atoms with Gasteiger partial charge >= 0.3 is 0 Å². The summed E-state index contributed by atoms with van der Waals surface area (Å²) in [5, 5.41) is 4.01. The van der Waals surface area contributed by atoms with Crippen molar-refractivity contribution < 1.29 is 9.59 Å². The molecule has 1 aliphatic heterocycles. The first-order valence-corrected chi connectivity index (χ1v) is 6.37. The third-order valence-corrected chi connectivity index (χ3v) is 3.20. The van der Waals surface area contributed by atoms with Crippen molar-refractivity contribution in [3.05, 3.63) is 30.1 Å². The quantitative estimate of drug-likeness (QED) is 0.530. The van der Waals surface area contributed by atoms with E-state index in [0.717, 1.165) is 5.56 Å². The Morgan fingerprint density at radius 1 is 1.55 bits per heavy atom. The van der Waals surface area contributed by atoms with E-state index in [-0.39, 0.29) is 30.2 Å². The Morgan fingerprint density at radius 2 is 2.35 bits per heavy atom. The minimum absolute atomic E-state index is 0.0725. The minimum Gasteiger partial charge on any atom is -0.291 e. The topological polar surface area (TPSA) is 95.5 Å². The number of aromatic nitrogens is 1. The molecule has 106 valence electrons. The maximum absolute atomic E-state index is 11.8. The Kier molecular flexibility index (Phi) is 4.41. The normalized spacial score (nSPS) is 22.5. The molecule has 2 amide bonds. The van der Waals surface area contributed by atoms with E-state index >= 15 is 0 Å². The lowest BCUT2D eigenvalue weighted by molar-refractivity contribution is -0.128. The Bertz CT molecular complexity index is 529. The molecule has 2 rings (SSSR count). The molecule has 1 aromatic rings. The van der Waals surface area contributed by atoms with Gasteiger partial charge in [0.05, 0.1) is 11.6 Å². The summed E-state index contributed by atoms with van der Waals surface area (Å²) in [6.45, 7) is 3.63. The molecule has 7 nitrogen and oxygen atoms in total. The van der Waals surface area contributed by atoms with Crippen LogP contribution in [0.4, 0.5) is 0 Å². The molecule has 1 fully saturated rings. The lowest BCUT2D eigenvalue weighted by Crippen LogP contribution is -2.30. The van der Waals surface area contributed by atoms with E-state index in [1.165, 1.54) is 0 Å². The molecular formula is C13H17N5O2. The van der Waals surface area contributed by atoms with Crippen LogP contribution in [-0.2, 0) is 9.59 Å². The molecule has 1 aliphatic rings. The monoisotopic (exact) mass is 275 g/mol. The molecule has 3 N–H and O–H groups in total. The van der Waals surface area contributed by atoms with Gasteiger partial charge in [0.15, 0.2) is 0 Å². The third-order valence-electron chi connectivity index (χ3n) is 3.20. The Hall–Kier alpha value is -2.28.